The Morgan fingerprint density at radius 2 is 1.53 bits per heavy atom. The van der Waals surface area contributed by atoms with E-state index in [9.17, 15) is 13.2 Å². The zero-order chi connectivity index (χ0) is 21.6. The Kier molecular flexibility index (Phi) is 6.82. The van der Waals surface area contributed by atoms with Crippen molar-refractivity contribution in [2.75, 3.05) is 14.1 Å². The maximum Gasteiger partial charge on any atom is 0.242 e. The minimum absolute atomic E-state index is 0.146. The number of para-hydroxylation sites is 1. The molecule has 0 bridgehead atoms. The second-order valence-corrected chi connectivity index (χ2v) is 8.97. The van der Waals surface area contributed by atoms with Crippen LogP contribution in [0.4, 0.5) is 0 Å². The second-order valence-electron chi connectivity index (χ2n) is 6.82. The average Bonchev–Trinajstić information content (AvgIpc) is 2.77. The van der Waals surface area contributed by atoms with E-state index >= 15 is 0 Å². The molecule has 0 heterocycles. The Bertz CT molecular complexity index is 1140. The predicted molar refractivity (Wildman–Crippen MR) is 118 cm³/mol. The Morgan fingerprint density at radius 3 is 2.20 bits per heavy atom. The molecule has 0 aromatic heterocycles. The molecule has 0 aliphatic heterocycles. The first-order valence-electron chi connectivity index (χ1n) is 9.39. The van der Waals surface area contributed by atoms with Crippen LogP contribution in [0.15, 0.2) is 89.8 Å². The largest absolute Gasteiger partial charge is 0.488 e. The van der Waals surface area contributed by atoms with Crippen LogP contribution in [0.1, 0.15) is 21.5 Å². The molecule has 5 nitrogen and oxygen atoms in total. The Morgan fingerprint density at radius 1 is 0.900 bits per heavy atom. The van der Waals surface area contributed by atoms with Gasteiger partial charge < -0.3 is 4.74 Å². The molecule has 3 aromatic rings. The van der Waals surface area contributed by atoms with Gasteiger partial charge in [0.2, 0.25) is 10.0 Å². The molecule has 0 aliphatic carbocycles. The predicted octanol–water partition coefficient (Wildman–Crippen LogP) is 4.41. The van der Waals surface area contributed by atoms with Gasteiger partial charge in [-0.1, -0.05) is 48.5 Å². The van der Waals surface area contributed by atoms with Gasteiger partial charge in [0.1, 0.15) is 12.4 Å². The van der Waals surface area contributed by atoms with Crippen LogP contribution >= 0.6 is 0 Å². The lowest BCUT2D eigenvalue weighted by Gasteiger charge is -2.11. The fraction of sp³-hybridized carbons (Fsp3) is 0.125. The first kappa shape index (κ1) is 21.5. The highest BCUT2D eigenvalue weighted by molar-refractivity contribution is 7.89. The number of benzene rings is 3. The van der Waals surface area contributed by atoms with Crippen molar-refractivity contribution in [3.63, 3.8) is 0 Å². The summed E-state index contributed by atoms with van der Waals surface area (Å²) in [5, 5.41) is 0. The van der Waals surface area contributed by atoms with Gasteiger partial charge in [-0.05, 0) is 48.0 Å². The average molecular weight is 422 g/mol. The standard InChI is InChI=1S/C24H23NO4S/c1-25(2)30(27,28)22-15-12-20(13-16-22)23(26)17-14-21-10-6-7-11-24(21)29-18-19-8-4-3-5-9-19/h3-17H,18H2,1-2H3. The number of carbonyl (C=O) groups is 1. The molecule has 0 N–H and O–H groups in total. The van der Waals surface area contributed by atoms with Crippen molar-refractivity contribution in [1.82, 2.24) is 4.31 Å². The minimum atomic E-state index is -3.52. The zero-order valence-corrected chi connectivity index (χ0v) is 17.7. The summed E-state index contributed by atoms with van der Waals surface area (Å²) >= 11 is 0. The third-order valence-electron chi connectivity index (χ3n) is 4.49. The van der Waals surface area contributed by atoms with Crippen molar-refractivity contribution in [2.24, 2.45) is 0 Å². The quantitative estimate of drug-likeness (QED) is 0.399. The maximum atomic E-state index is 12.5. The van der Waals surface area contributed by atoms with Gasteiger partial charge in [0.25, 0.3) is 0 Å². The minimum Gasteiger partial charge on any atom is -0.488 e. The SMILES string of the molecule is CN(C)S(=O)(=O)c1ccc(C(=O)C=Cc2ccccc2OCc2ccccc2)cc1. The van der Waals surface area contributed by atoms with E-state index in [1.807, 2.05) is 54.6 Å². The van der Waals surface area contributed by atoms with E-state index in [4.69, 9.17) is 4.74 Å². The van der Waals surface area contributed by atoms with Crippen molar-refractivity contribution < 1.29 is 17.9 Å². The molecule has 0 saturated heterocycles. The number of rotatable bonds is 8. The van der Waals surface area contributed by atoms with Gasteiger partial charge in [0, 0.05) is 25.2 Å². The van der Waals surface area contributed by atoms with Crippen LogP contribution in [-0.2, 0) is 16.6 Å². The second kappa shape index (κ2) is 9.52. The number of hydrogen-bond donors (Lipinski definition) is 0. The van der Waals surface area contributed by atoms with Crippen LogP contribution in [-0.4, -0.2) is 32.6 Å². The van der Waals surface area contributed by atoms with Gasteiger partial charge in [-0.3, -0.25) is 4.79 Å². The van der Waals surface area contributed by atoms with E-state index in [0.29, 0.717) is 17.9 Å². The Hall–Kier alpha value is -3.22. The summed E-state index contributed by atoms with van der Waals surface area (Å²) in [5.41, 5.74) is 2.25. The molecule has 30 heavy (non-hydrogen) atoms. The maximum absolute atomic E-state index is 12.5. The van der Waals surface area contributed by atoms with Gasteiger partial charge in [0.15, 0.2) is 5.78 Å². The molecule has 154 valence electrons. The molecule has 0 atom stereocenters. The number of sulfonamides is 1. The monoisotopic (exact) mass is 421 g/mol. The van der Waals surface area contributed by atoms with Crippen LogP contribution in [0.5, 0.6) is 5.75 Å². The van der Waals surface area contributed by atoms with E-state index in [1.165, 1.54) is 44.4 Å². The van der Waals surface area contributed by atoms with Crippen molar-refractivity contribution >= 4 is 21.9 Å². The molecular formula is C24H23NO4S. The molecule has 0 fully saturated rings. The van der Waals surface area contributed by atoms with E-state index in [1.54, 1.807) is 6.08 Å². The molecular weight excluding hydrogens is 398 g/mol. The van der Waals surface area contributed by atoms with Crippen LogP contribution in [0, 0.1) is 0 Å². The van der Waals surface area contributed by atoms with Crippen molar-refractivity contribution in [3.8, 4) is 5.75 Å². The molecule has 0 aliphatic rings. The van der Waals surface area contributed by atoms with Gasteiger partial charge >= 0.3 is 0 Å². The zero-order valence-electron chi connectivity index (χ0n) is 16.9. The van der Waals surface area contributed by atoms with Crippen LogP contribution in [0.25, 0.3) is 6.08 Å². The third kappa shape index (κ3) is 5.23. The lowest BCUT2D eigenvalue weighted by Crippen LogP contribution is -2.22. The first-order valence-corrected chi connectivity index (χ1v) is 10.8. The molecule has 0 amide bonds. The Balaban J connectivity index is 1.72. The van der Waals surface area contributed by atoms with Crippen molar-refractivity contribution in [2.45, 2.75) is 11.5 Å². The highest BCUT2D eigenvalue weighted by atomic mass is 32.2. The summed E-state index contributed by atoms with van der Waals surface area (Å²) in [6.45, 7) is 0.432. The molecule has 0 radical (unpaired) electrons. The summed E-state index contributed by atoms with van der Waals surface area (Å²) in [4.78, 5) is 12.7. The summed E-state index contributed by atoms with van der Waals surface area (Å²) in [6, 6.07) is 23.2. The number of allylic oxidation sites excluding steroid dienone is 1. The number of nitrogens with zero attached hydrogens (tertiary/aromatic N) is 1. The number of hydrogen-bond acceptors (Lipinski definition) is 4. The van der Waals surface area contributed by atoms with E-state index < -0.39 is 10.0 Å². The van der Waals surface area contributed by atoms with Crippen LogP contribution < -0.4 is 4.74 Å². The summed E-state index contributed by atoms with van der Waals surface area (Å²) in [6.07, 6.45) is 3.16. The van der Waals surface area contributed by atoms with Crippen molar-refractivity contribution in [3.05, 3.63) is 102 Å². The molecule has 0 saturated carbocycles. The van der Waals surface area contributed by atoms with Crippen LogP contribution in [0.2, 0.25) is 0 Å². The highest BCUT2D eigenvalue weighted by Crippen LogP contribution is 2.21. The topological polar surface area (TPSA) is 63.7 Å². The van der Waals surface area contributed by atoms with Gasteiger partial charge in [-0.15, -0.1) is 0 Å². The molecule has 3 rings (SSSR count). The lowest BCUT2D eigenvalue weighted by atomic mass is 10.1. The molecule has 3 aromatic carbocycles. The number of ketones is 1. The smallest absolute Gasteiger partial charge is 0.242 e. The van der Waals surface area contributed by atoms with E-state index in [2.05, 4.69) is 0 Å². The molecule has 6 heteroatoms. The molecule has 0 spiro atoms. The van der Waals surface area contributed by atoms with Crippen molar-refractivity contribution in [1.29, 1.82) is 0 Å². The summed E-state index contributed by atoms with van der Waals surface area (Å²) < 4.78 is 31.3. The third-order valence-corrected chi connectivity index (χ3v) is 6.32. The first-order chi connectivity index (χ1) is 14.4. The summed E-state index contributed by atoms with van der Waals surface area (Å²) in [7, 11) is -0.589. The van der Waals surface area contributed by atoms with Gasteiger partial charge in [-0.25, -0.2) is 12.7 Å². The normalized spacial score (nSPS) is 11.7. The van der Waals surface area contributed by atoms with Gasteiger partial charge in [-0.2, -0.15) is 0 Å². The highest BCUT2D eigenvalue weighted by Gasteiger charge is 2.17. The van der Waals surface area contributed by atoms with E-state index in [-0.39, 0.29) is 10.7 Å². The van der Waals surface area contributed by atoms with Crippen LogP contribution in [0.3, 0.4) is 0 Å². The Labute approximate surface area is 177 Å². The fourth-order valence-electron chi connectivity index (χ4n) is 2.75. The van der Waals surface area contributed by atoms with E-state index in [0.717, 1.165) is 15.4 Å². The number of carbonyl (C=O) groups excluding carboxylic acids is 1. The van der Waals surface area contributed by atoms with Gasteiger partial charge in [0.05, 0.1) is 4.90 Å². The number of ether oxygens (including phenoxy) is 1. The summed E-state index contributed by atoms with van der Waals surface area (Å²) in [5.74, 6) is 0.458. The fourth-order valence-corrected chi connectivity index (χ4v) is 3.65. The lowest BCUT2D eigenvalue weighted by molar-refractivity contribution is 0.104. The molecule has 0 unspecified atom stereocenters.